The molecule has 12 rings (SSSR count). The number of para-hydroxylation sites is 2. The number of thioether (sulfide) groups is 1. The van der Waals surface area contributed by atoms with E-state index in [2.05, 4.69) is 120 Å². The van der Waals surface area contributed by atoms with Gasteiger partial charge >= 0.3 is 0 Å². The van der Waals surface area contributed by atoms with Crippen LogP contribution in [0.2, 0.25) is 0 Å². The third kappa shape index (κ3) is 5.14. The van der Waals surface area contributed by atoms with Gasteiger partial charge in [0.2, 0.25) is 0 Å². The average molecular weight is 749 g/mol. The van der Waals surface area contributed by atoms with E-state index in [0.717, 1.165) is 45.0 Å². The van der Waals surface area contributed by atoms with E-state index < -0.39 is 0 Å². The van der Waals surface area contributed by atoms with Crippen LogP contribution >= 0.6 is 11.8 Å². The molecule has 1 unspecified atom stereocenters. The van der Waals surface area contributed by atoms with E-state index in [4.69, 9.17) is 19.4 Å². The maximum absolute atomic E-state index is 6.52. The number of allylic oxidation sites excluding steroid dienone is 3. The van der Waals surface area contributed by atoms with Crippen molar-refractivity contribution in [1.82, 2.24) is 19.5 Å². The summed E-state index contributed by atoms with van der Waals surface area (Å²) in [6.45, 7) is 0. The lowest BCUT2D eigenvalue weighted by atomic mass is 9.87. The summed E-state index contributed by atoms with van der Waals surface area (Å²) in [5.74, 6) is 1.91. The molecule has 4 heterocycles. The highest BCUT2D eigenvalue weighted by molar-refractivity contribution is 8.00. The molecule has 1 aliphatic heterocycles. The lowest BCUT2D eigenvalue weighted by Crippen LogP contribution is -2.07. The minimum atomic E-state index is 0.302. The number of aromatic nitrogens is 4. The van der Waals surface area contributed by atoms with Crippen molar-refractivity contribution in [3.8, 4) is 39.9 Å². The summed E-state index contributed by atoms with van der Waals surface area (Å²) in [6.07, 6.45) is 5.62. The van der Waals surface area contributed by atoms with E-state index >= 15 is 0 Å². The van der Waals surface area contributed by atoms with Crippen molar-refractivity contribution in [2.75, 3.05) is 0 Å². The van der Waals surface area contributed by atoms with Crippen molar-refractivity contribution in [3.05, 3.63) is 187 Å². The summed E-state index contributed by atoms with van der Waals surface area (Å²) in [6, 6.07) is 57.2. The molecule has 0 N–H and O–H groups in total. The zero-order valence-electron chi connectivity index (χ0n) is 30.6. The molecule has 0 spiro atoms. The summed E-state index contributed by atoms with van der Waals surface area (Å²) in [7, 11) is 0. The molecule has 0 amide bonds. The van der Waals surface area contributed by atoms with E-state index in [1.165, 1.54) is 54.7 Å². The fraction of sp³-hybridized carbons (Fsp3) is 0.0392. The Morgan fingerprint density at radius 1 is 0.526 bits per heavy atom. The van der Waals surface area contributed by atoms with Crippen LogP contribution in [-0.2, 0) is 0 Å². The molecule has 0 saturated heterocycles. The van der Waals surface area contributed by atoms with E-state index in [1.807, 2.05) is 72.4 Å². The molecule has 2 aliphatic rings. The first-order valence-corrected chi connectivity index (χ1v) is 20.2. The number of nitrogens with zero attached hydrogens (tertiary/aromatic N) is 4. The Morgan fingerprint density at radius 2 is 1.16 bits per heavy atom. The van der Waals surface area contributed by atoms with Gasteiger partial charge in [-0.2, -0.15) is 0 Å². The van der Waals surface area contributed by atoms with Crippen molar-refractivity contribution in [2.24, 2.45) is 0 Å². The predicted octanol–water partition coefficient (Wildman–Crippen LogP) is 13.2. The first-order chi connectivity index (χ1) is 28.2. The summed E-state index contributed by atoms with van der Waals surface area (Å²) in [5.41, 5.74) is 13.5. The standard InChI is InChI=1S/C51H32N4OS/c1-3-13-31(14-4-1)49-52-50(32-15-5-2-6-16-32)54-51(53-49)34-26-28-43-39(29-34)47-35(19-11-23-44(47)56-43)33-25-27-38-46(30-33)57-45-24-12-22-42(48(38)45)55-40-20-9-7-17-36(40)37-18-8-10-21-41(37)55/h1-29,46H,30H2. The Balaban J connectivity index is 0.981. The van der Waals surface area contributed by atoms with Crippen LogP contribution in [-0.4, -0.2) is 24.8 Å². The van der Waals surface area contributed by atoms with Gasteiger partial charge in [0.05, 0.1) is 16.7 Å². The Bertz CT molecular complexity index is 3190. The molecule has 0 saturated carbocycles. The van der Waals surface area contributed by atoms with E-state index in [-0.39, 0.29) is 0 Å². The van der Waals surface area contributed by atoms with Crippen LogP contribution in [0.3, 0.4) is 0 Å². The number of hydrogen-bond donors (Lipinski definition) is 0. The van der Waals surface area contributed by atoms with Crippen LogP contribution in [0.25, 0.3) is 94.7 Å². The Morgan fingerprint density at radius 3 is 1.86 bits per heavy atom. The van der Waals surface area contributed by atoms with Crippen LogP contribution in [0.15, 0.2) is 185 Å². The van der Waals surface area contributed by atoms with Crippen LogP contribution < -0.4 is 0 Å². The molecule has 0 radical (unpaired) electrons. The Hall–Kier alpha value is -7.02. The molecule has 10 aromatic rings. The number of hydrogen-bond acceptors (Lipinski definition) is 5. The Labute approximate surface area is 332 Å². The molecule has 1 atom stereocenters. The lowest BCUT2D eigenvalue weighted by molar-refractivity contribution is 0.669. The van der Waals surface area contributed by atoms with Gasteiger partial charge in [-0.3, -0.25) is 0 Å². The second-order valence-corrected chi connectivity index (χ2v) is 15.9. The van der Waals surface area contributed by atoms with Crippen LogP contribution in [0, 0.1) is 0 Å². The van der Waals surface area contributed by atoms with Gasteiger partial charge in [-0.05, 0) is 71.7 Å². The summed E-state index contributed by atoms with van der Waals surface area (Å²) >= 11 is 1.98. The molecular weight excluding hydrogens is 717 g/mol. The molecule has 7 aromatic carbocycles. The van der Waals surface area contributed by atoms with Gasteiger partial charge in [-0.1, -0.05) is 127 Å². The predicted molar refractivity (Wildman–Crippen MR) is 234 cm³/mol. The van der Waals surface area contributed by atoms with Crippen molar-refractivity contribution in [3.63, 3.8) is 0 Å². The topological polar surface area (TPSA) is 56.7 Å². The molecule has 5 nitrogen and oxygen atoms in total. The van der Waals surface area contributed by atoms with Crippen molar-refractivity contribution in [2.45, 2.75) is 16.6 Å². The monoisotopic (exact) mass is 748 g/mol. The summed E-state index contributed by atoms with van der Waals surface area (Å²) in [4.78, 5) is 16.3. The lowest BCUT2D eigenvalue weighted by Gasteiger charge is -2.21. The van der Waals surface area contributed by atoms with Gasteiger partial charge in [-0.25, -0.2) is 15.0 Å². The molecule has 6 heteroatoms. The molecule has 57 heavy (non-hydrogen) atoms. The average Bonchev–Trinajstić information content (AvgIpc) is 3.96. The van der Waals surface area contributed by atoms with E-state index in [0.29, 0.717) is 22.7 Å². The van der Waals surface area contributed by atoms with Crippen molar-refractivity contribution in [1.29, 1.82) is 0 Å². The third-order valence-electron chi connectivity index (χ3n) is 11.4. The van der Waals surface area contributed by atoms with Crippen LogP contribution in [0.4, 0.5) is 0 Å². The molecule has 1 aliphatic carbocycles. The fourth-order valence-corrected chi connectivity index (χ4v) is 10.2. The molecule has 268 valence electrons. The molecular formula is C51H32N4OS. The van der Waals surface area contributed by atoms with Crippen molar-refractivity contribution < 1.29 is 4.42 Å². The second-order valence-electron chi connectivity index (χ2n) is 14.7. The van der Waals surface area contributed by atoms with Gasteiger partial charge in [0.25, 0.3) is 0 Å². The SMILES string of the molecule is C1=C(c2cccc3oc4ccc(-c5nc(-c6ccccc6)nc(-c6ccccc6)n5)cc4c23)CC2Sc3cccc(-n4c5ccccc5c5ccccc54)c3C2=C1. The van der Waals surface area contributed by atoms with Crippen LogP contribution in [0.5, 0.6) is 0 Å². The maximum atomic E-state index is 6.52. The fourth-order valence-electron chi connectivity index (χ4n) is 8.83. The maximum Gasteiger partial charge on any atom is 0.164 e. The second kappa shape index (κ2) is 12.8. The highest BCUT2D eigenvalue weighted by Crippen LogP contribution is 2.53. The number of fused-ring (bicyclic) bond motifs is 9. The highest BCUT2D eigenvalue weighted by Gasteiger charge is 2.34. The number of furan rings is 1. The number of rotatable bonds is 5. The minimum absolute atomic E-state index is 0.302. The normalized spacial score (nSPS) is 14.9. The van der Waals surface area contributed by atoms with Gasteiger partial charge in [-0.15, -0.1) is 11.8 Å². The summed E-state index contributed by atoms with van der Waals surface area (Å²) < 4.78 is 8.98. The van der Waals surface area contributed by atoms with Crippen LogP contribution in [0.1, 0.15) is 17.5 Å². The van der Waals surface area contributed by atoms with Gasteiger partial charge in [0.15, 0.2) is 17.5 Å². The minimum Gasteiger partial charge on any atom is -0.456 e. The van der Waals surface area contributed by atoms with Crippen molar-refractivity contribution >= 4 is 66.7 Å². The quantitative estimate of drug-likeness (QED) is 0.175. The highest BCUT2D eigenvalue weighted by atomic mass is 32.2. The Kier molecular flexibility index (Phi) is 7.22. The summed E-state index contributed by atoms with van der Waals surface area (Å²) in [5, 5.41) is 5.02. The van der Waals surface area contributed by atoms with E-state index in [9.17, 15) is 0 Å². The number of benzene rings is 7. The van der Waals surface area contributed by atoms with Gasteiger partial charge < -0.3 is 8.98 Å². The van der Waals surface area contributed by atoms with Gasteiger partial charge in [0.1, 0.15) is 11.2 Å². The molecule has 0 fully saturated rings. The first kappa shape index (κ1) is 32.2. The zero-order chi connectivity index (χ0) is 37.5. The third-order valence-corrected chi connectivity index (χ3v) is 12.7. The smallest absolute Gasteiger partial charge is 0.164 e. The molecule has 3 aromatic heterocycles. The zero-order valence-corrected chi connectivity index (χ0v) is 31.4. The first-order valence-electron chi connectivity index (χ1n) is 19.3. The largest absolute Gasteiger partial charge is 0.456 e. The van der Waals surface area contributed by atoms with E-state index in [1.54, 1.807) is 0 Å². The van der Waals surface area contributed by atoms with Gasteiger partial charge in [0, 0.05) is 53.9 Å². The molecule has 0 bridgehead atoms.